The van der Waals surface area contributed by atoms with Crippen LogP contribution in [0.4, 0.5) is 0 Å². The molecule has 0 aliphatic rings. The number of amides is 1. The van der Waals surface area contributed by atoms with E-state index in [1.807, 2.05) is 30.3 Å². The van der Waals surface area contributed by atoms with Gasteiger partial charge in [0.05, 0.1) is 24.9 Å². The van der Waals surface area contributed by atoms with Crippen molar-refractivity contribution in [3.8, 4) is 0 Å². The molecule has 7 heteroatoms. The zero-order valence-corrected chi connectivity index (χ0v) is 28.7. The minimum absolute atomic E-state index is 0.0898. The van der Waals surface area contributed by atoms with Crippen molar-refractivity contribution in [2.45, 2.75) is 143 Å². The van der Waals surface area contributed by atoms with Gasteiger partial charge in [0.2, 0.25) is 0 Å². The molecular formula is C37H65N2O5+. The summed E-state index contributed by atoms with van der Waals surface area (Å²) in [6.07, 6.45) is 17.1. The van der Waals surface area contributed by atoms with Crippen molar-refractivity contribution in [3.05, 3.63) is 35.9 Å². The summed E-state index contributed by atoms with van der Waals surface area (Å²) in [6, 6.07) is 9.36. The summed E-state index contributed by atoms with van der Waals surface area (Å²) in [5, 5.41) is 0. The Balaban J connectivity index is 2.81. The molecule has 0 spiro atoms. The quantitative estimate of drug-likeness (QED) is 0.0824. The maximum absolute atomic E-state index is 13.5. The highest BCUT2D eigenvalue weighted by Gasteiger charge is 2.27. The molecule has 252 valence electrons. The summed E-state index contributed by atoms with van der Waals surface area (Å²) in [4.78, 5) is 41.2. The fraction of sp³-hybridized carbons (Fsp3) is 0.757. The molecule has 1 amide bonds. The van der Waals surface area contributed by atoms with Gasteiger partial charge in [0, 0.05) is 6.42 Å². The maximum atomic E-state index is 13.5. The molecule has 0 aromatic heterocycles. The standard InChI is InChI=1S/C37H64N2O5/c1-5-9-13-18-24-32(22-11-7-3)36(41)43-28-26-39(35(40)34(38)30-31-20-16-15-17-21-31)27-29-44-37(42)33(23-12-8-4)25-19-14-10-6-2/h15-17,20-21,32-34H,5-14,18-19,22-30,38H2,1-4H3/p+1. The van der Waals surface area contributed by atoms with E-state index in [1.54, 1.807) is 4.90 Å². The van der Waals surface area contributed by atoms with E-state index in [-0.39, 0.29) is 56.0 Å². The number of quaternary nitrogens is 1. The number of carbonyl (C=O) groups is 3. The Bertz CT molecular complexity index is 836. The summed E-state index contributed by atoms with van der Waals surface area (Å²) < 4.78 is 11.5. The Morgan fingerprint density at radius 2 is 1.07 bits per heavy atom. The monoisotopic (exact) mass is 617 g/mol. The van der Waals surface area contributed by atoms with Crippen molar-refractivity contribution in [3.63, 3.8) is 0 Å². The number of hydrogen-bond acceptors (Lipinski definition) is 5. The number of unbranched alkanes of at least 4 members (excludes halogenated alkanes) is 8. The van der Waals surface area contributed by atoms with Crippen LogP contribution in [0.2, 0.25) is 0 Å². The molecule has 0 aliphatic heterocycles. The molecule has 1 aromatic rings. The molecule has 0 fully saturated rings. The first kappa shape index (κ1) is 39.6. The lowest BCUT2D eigenvalue weighted by Gasteiger charge is -2.25. The van der Waals surface area contributed by atoms with Crippen LogP contribution in [0, 0.1) is 11.8 Å². The molecule has 0 saturated carbocycles. The third-order valence-corrected chi connectivity index (χ3v) is 8.49. The largest absolute Gasteiger partial charge is 0.464 e. The van der Waals surface area contributed by atoms with E-state index in [0.717, 1.165) is 82.6 Å². The molecule has 1 aromatic carbocycles. The second kappa shape index (κ2) is 25.9. The van der Waals surface area contributed by atoms with Gasteiger partial charge in [-0.05, 0) is 31.2 Å². The molecule has 7 nitrogen and oxygen atoms in total. The molecule has 0 heterocycles. The van der Waals surface area contributed by atoms with Crippen molar-refractivity contribution in [1.29, 1.82) is 0 Å². The maximum Gasteiger partial charge on any atom is 0.308 e. The van der Waals surface area contributed by atoms with Crippen LogP contribution in [0.25, 0.3) is 0 Å². The average molecular weight is 618 g/mol. The zero-order valence-electron chi connectivity index (χ0n) is 28.7. The molecule has 1 rings (SSSR count). The number of esters is 2. The molecule has 0 saturated heterocycles. The van der Waals surface area contributed by atoms with Crippen LogP contribution in [0.5, 0.6) is 0 Å². The predicted octanol–water partition coefficient (Wildman–Crippen LogP) is 7.31. The van der Waals surface area contributed by atoms with Crippen LogP contribution in [-0.4, -0.2) is 55.1 Å². The second-order valence-electron chi connectivity index (χ2n) is 12.4. The first-order chi connectivity index (χ1) is 21.4. The van der Waals surface area contributed by atoms with Crippen molar-refractivity contribution in [2.75, 3.05) is 26.3 Å². The summed E-state index contributed by atoms with van der Waals surface area (Å²) in [5.74, 6) is -0.622. The normalized spacial score (nSPS) is 13.2. The molecule has 3 N–H and O–H groups in total. The van der Waals surface area contributed by atoms with E-state index in [9.17, 15) is 14.4 Å². The van der Waals surface area contributed by atoms with Gasteiger partial charge >= 0.3 is 11.9 Å². The lowest BCUT2D eigenvalue weighted by atomic mass is 9.95. The fourth-order valence-corrected chi connectivity index (χ4v) is 5.62. The predicted molar refractivity (Wildman–Crippen MR) is 179 cm³/mol. The van der Waals surface area contributed by atoms with Gasteiger partial charge < -0.3 is 20.1 Å². The first-order valence-corrected chi connectivity index (χ1v) is 17.9. The minimum atomic E-state index is -0.490. The molecular weight excluding hydrogens is 552 g/mol. The molecule has 44 heavy (non-hydrogen) atoms. The SMILES string of the molecule is CCCCCCC(CCCC)C(=O)OCCN(CCOC(=O)C(CCCC)CCCCCC)C(=O)C([NH3+])Cc1ccccc1. The third kappa shape index (κ3) is 17.8. The van der Waals surface area contributed by atoms with Gasteiger partial charge in [0.25, 0.3) is 5.91 Å². The fourth-order valence-electron chi connectivity index (χ4n) is 5.62. The van der Waals surface area contributed by atoms with Crippen molar-refractivity contribution in [2.24, 2.45) is 11.8 Å². The van der Waals surface area contributed by atoms with Crippen LogP contribution in [-0.2, 0) is 30.3 Å². The van der Waals surface area contributed by atoms with Gasteiger partial charge in [0.15, 0.2) is 6.04 Å². The molecule has 0 radical (unpaired) electrons. The number of rotatable bonds is 27. The number of benzene rings is 1. The van der Waals surface area contributed by atoms with E-state index >= 15 is 0 Å². The highest BCUT2D eigenvalue weighted by atomic mass is 16.5. The lowest BCUT2D eigenvalue weighted by molar-refractivity contribution is -0.405. The van der Waals surface area contributed by atoms with Gasteiger partial charge in [-0.3, -0.25) is 14.4 Å². The number of carbonyl (C=O) groups excluding carboxylic acids is 3. The Hall–Kier alpha value is -2.41. The molecule has 3 unspecified atom stereocenters. The van der Waals surface area contributed by atoms with E-state index in [4.69, 9.17) is 9.47 Å². The van der Waals surface area contributed by atoms with Gasteiger partial charge in [-0.1, -0.05) is 135 Å². The highest BCUT2D eigenvalue weighted by molar-refractivity contribution is 5.81. The topological polar surface area (TPSA) is 101 Å². The second-order valence-corrected chi connectivity index (χ2v) is 12.4. The number of nitrogens with zero attached hydrogens (tertiary/aromatic N) is 1. The van der Waals surface area contributed by atoms with Gasteiger partial charge in [-0.25, -0.2) is 0 Å². The van der Waals surface area contributed by atoms with Crippen molar-refractivity contribution < 1.29 is 29.6 Å². The Labute approximate surface area is 269 Å². The third-order valence-electron chi connectivity index (χ3n) is 8.49. The summed E-state index contributed by atoms with van der Waals surface area (Å²) in [5.41, 5.74) is 5.20. The van der Waals surface area contributed by atoms with E-state index in [1.165, 1.54) is 25.7 Å². The van der Waals surface area contributed by atoms with Crippen LogP contribution < -0.4 is 5.73 Å². The average Bonchev–Trinajstić information content (AvgIpc) is 3.03. The summed E-state index contributed by atoms with van der Waals surface area (Å²) in [7, 11) is 0. The van der Waals surface area contributed by atoms with Crippen LogP contribution >= 0.6 is 0 Å². The molecule has 0 bridgehead atoms. The van der Waals surface area contributed by atoms with Gasteiger partial charge in [-0.2, -0.15) is 0 Å². The Morgan fingerprint density at radius 1 is 0.636 bits per heavy atom. The summed E-state index contributed by atoms with van der Waals surface area (Å²) >= 11 is 0. The van der Waals surface area contributed by atoms with E-state index < -0.39 is 6.04 Å². The first-order valence-electron chi connectivity index (χ1n) is 17.9. The lowest BCUT2D eigenvalue weighted by Crippen LogP contribution is -2.69. The van der Waals surface area contributed by atoms with Crippen LogP contribution in [0.1, 0.15) is 136 Å². The zero-order chi connectivity index (χ0) is 32.4. The summed E-state index contributed by atoms with van der Waals surface area (Å²) in [6.45, 7) is 9.43. The highest BCUT2D eigenvalue weighted by Crippen LogP contribution is 2.20. The smallest absolute Gasteiger partial charge is 0.308 e. The van der Waals surface area contributed by atoms with E-state index in [0.29, 0.717) is 6.42 Å². The van der Waals surface area contributed by atoms with Gasteiger partial charge in [-0.15, -0.1) is 0 Å². The number of hydrogen-bond donors (Lipinski definition) is 1. The van der Waals surface area contributed by atoms with Crippen LogP contribution in [0.15, 0.2) is 30.3 Å². The Kier molecular flexibility index (Phi) is 23.3. The van der Waals surface area contributed by atoms with Crippen LogP contribution in [0.3, 0.4) is 0 Å². The Morgan fingerprint density at radius 3 is 1.50 bits per heavy atom. The van der Waals surface area contributed by atoms with Crippen molar-refractivity contribution >= 4 is 17.8 Å². The molecule has 0 aliphatic carbocycles. The molecule has 3 atom stereocenters. The van der Waals surface area contributed by atoms with Gasteiger partial charge in [0.1, 0.15) is 13.2 Å². The van der Waals surface area contributed by atoms with E-state index in [2.05, 4.69) is 33.4 Å². The minimum Gasteiger partial charge on any atom is -0.464 e. The number of ether oxygens (including phenoxy) is 2. The van der Waals surface area contributed by atoms with Crippen molar-refractivity contribution in [1.82, 2.24) is 4.90 Å².